The first-order valence-electron chi connectivity index (χ1n) is 6.69. The molecule has 108 valence electrons. The van der Waals surface area contributed by atoms with Crippen LogP contribution >= 0.6 is 0 Å². The molecule has 1 aromatic heterocycles. The number of rotatable bonds is 3. The van der Waals surface area contributed by atoms with E-state index < -0.39 is 0 Å². The zero-order valence-corrected chi connectivity index (χ0v) is 11.6. The highest BCUT2D eigenvalue weighted by atomic mass is 16.3. The second-order valence-corrected chi connectivity index (χ2v) is 4.58. The highest BCUT2D eigenvalue weighted by Gasteiger charge is 2.14. The van der Waals surface area contributed by atoms with Crippen LogP contribution in [-0.2, 0) is 0 Å². The van der Waals surface area contributed by atoms with Crippen LogP contribution in [0.5, 0.6) is 11.5 Å². The molecule has 0 aliphatic carbocycles. The van der Waals surface area contributed by atoms with Crippen molar-refractivity contribution < 1.29 is 10.2 Å². The van der Waals surface area contributed by atoms with Crippen molar-refractivity contribution in [3.05, 3.63) is 66.9 Å². The summed E-state index contributed by atoms with van der Waals surface area (Å²) in [5.41, 5.74) is 1.73. The molecule has 2 N–H and O–H groups in total. The Bertz CT molecular complexity index is 803. The van der Waals surface area contributed by atoms with Gasteiger partial charge in [0.25, 0.3) is 0 Å². The van der Waals surface area contributed by atoms with Crippen LogP contribution in [0.2, 0.25) is 0 Å². The monoisotopic (exact) mass is 291 g/mol. The zero-order valence-electron chi connectivity index (χ0n) is 11.6. The van der Waals surface area contributed by atoms with E-state index in [9.17, 15) is 10.2 Å². The van der Waals surface area contributed by atoms with Gasteiger partial charge in [-0.2, -0.15) is 5.11 Å². The van der Waals surface area contributed by atoms with E-state index in [4.69, 9.17) is 0 Å². The van der Waals surface area contributed by atoms with Crippen molar-refractivity contribution in [2.75, 3.05) is 0 Å². The second-order valence-electron chi connectivity index (χ2n) is 4.58. The third-order valence-electron chi connectivity index (χ3n) is 3.09. The van der Waals surface area contributed by atoms with Gasteiger partial charge >= 0.3 is 0 Å². The first-order valence-corrected chi connectivity index (χ1v) is 6.69. The molecule has 0 fully saturated rings. The summed E-state index contributed by atoms with van der Waals surface area (Å²) in [6.07, 6.45) is 1.63. The molecule has 0 radical (unpaired) electrons. The largest absolute Gasteiger partial charge is 0.505 e. The van der Waals surface area contributed by atoms with Gasteiger partial charge in [0, 0.05) is 11.8 Å². The molecule has 1 heterocycles. The Kier molecular flexibility index (Phi) is 3.78. The van der Waals surface area contributed by atoms with Gasteiger partial charge in [-0.3, -0.25) is 4.98 Å². The van der Waals surface area contributed by atoms with Crippen LogP contribution in [0.3, 0.4) is 0 Å². The predicted molar refractivity (Wildman–Crippen MR) is 83.6 cm³/mol. The summed E-state index contributed by atoms with van der Waals surface area (Å²) >= 11 is 0. The number of hydrogen-bond acceptors (Lipinski definition) is 5. The average Bonchev–Trinajstić information content (AvgIpc) is 2.56. The van der Waals surface area contributed by atoms with E-state index in [2.05, 4.69) is 15.2 Å². The van der Waals surface area contributed by atoms with Gasteiger partial charge < -0.3 is 10.2 Å². The number of aromatic hydroxyl groups is 2. The molecule has 0 atom stereocenters. The lowest BCUT2D eigenvalue weighted by molar-refractivity contribution is 0.454. The minimum absolute atomic E-state index is 0.0204. The molecule has 5 heteroatoms. The summed E-state index contributed by atoms with van der Waals surface area (Å²) in [5.74, 6) is -0.296. The molecule has 3 rings (SSSR count). The van der Waals surface area contributed by atoms with Gasteiger partial charge in [0.2, 0.25) is 0 Å². The molecule has 0 aliphatic rings. The summed E-state index contributed by atoms with van der Waals surface area (Å²) < 4.78 is 0. The molecule has 0 spiro atoms. The quantitative estimate of drug-likeness (QED) is 0.693. The van der Waals surface area contributed by atoms with E-state index in [1.807, 2.05) is 24.3 Å². The van der Waals surface area contributed by atoms with Crippen molar-refractivity contribution in [1.29, 1.82) is 0 Å². The Morgan fingerprint density at radius 3 is 2.27 bits per heavy atom. The van der Waals surface area contributed by atoms with E-state index in [1.165, 1.54) is 6.07 Å². The molecule has 0 amide bonds. The van der Waals surface area contributed by atoms with Gasteiger partial charge in [-0.15, -0.1) is 5.11 Å². The minimum atomic E-state index is -0.154. The molecule has 3 aromatic rings. The van der Waals surface area contributed by atoms with Crippen molar-refractivity contribution in [3.63, 3.8) is 0 Å². The summed E-state index contributed by atoms with van der Waals surface area (Å²) in [6.45, 7) is 0. The number of pyridine rings is 1. The number of phenols is 2. The molecular formula is C17H13N3O2. The van der Waals surface area contributed by atoms with Crippen LogP contribution in [-0.4, -0.2) is 15.2 Å². The van der Waals surface area contributed by atoms with E-state index in [0.717, 1.165) is 0 Å². The van der Waals surface area contributed by atoms with E-state index in [0.29, 0.717) is 16.9 Å². The van der Waals surface area contributed by atoms with Crippen LogP contribution in [0.15, 0.2) is 77.1 Å². The molecule has 22 heavy (non-hydrogen) atoms. The highest BCUT2D eigenvalue weighted by molar-refractivity contribution is 5.77. The maximum Gasteiger partial charge on any atom is 0.170 e. The molecule has 0 unspecified atom stereocenters. The van der Waals surface area contributed by atoms with Crippen LogP contribution in [0, 0.1) is 0 Å². The summed E-state index contributed by atoms with van der Waals surface area (Å²) in [4.78, 5) is 4.18. The van der Waals surface area contributed by atoms with E-state index in [-0.39, 0.29) is 17.2 Å². The molecule has 0 bridgehead atoms. The Morgan fingerprint density at radius 2 is 1.55 bits per heavy atom. The number of benzene rings is 2. The SMILES string of the molecule is Oc1ccc(-c2ccccn2)c(O)c1N=Nc1ccccc1. The molecular weight excluding hydrogens is 278 g/mol. The summed E-state index contributed by atoms with van der Waals surface area (Å²) in [7, 11) is 0. The first kappa shape index (κ1) is 13.8. The average molecular weight is 291 g/mol. The van der Waals surface area contributed by atoms with Crippen LogP contribution in [0.25, 0.3) is 11.3 Å². The molecule has 5 nitrogen and oxygen atoms in total. The van der Waals surface area contributed by atoms with Crippen molar-refractivity contribution in [3.8, 4) is 22.8 Å². The number of hydrogen-bond donors (Lipinski definition) is 2. The number of nitrogens with zero attached hydrogens (tertiary/aromatic N) is 3. The highest BCUT2D eigenvalue weighted by Crippen LogP contribution is 2.43. The topological polar surface area (TPSA) is 78.1 Å². The van der Waals surface area contributed by atoms with Crippen LogP contribution in [0.4, 0.5) is 11.4 Å². The lowest BCUT2D eigenvalue weighted by Crippen LogP contribution is -1.83. The van der Waals surface area contributed by atoms with Crippen molar-refractivity contribution >= 4 is 11.4 Å². The van der Waals surface area contributed by atoms with Crippen molar-refractivity contribution in [1.82, 2.24) is 4.98 Å². The smallest absolute Gasteiger partial charge is 0.170 e. The van der Waals surface area contributed by atoms with Gasteiger partial charge in [0.15, 0.2) is 11.4 Å². The lowest BCUT2D eigenvalue weighted by Gasteiger charge is -2.07. The van der Waals surface area contributed by atoms with E-state index in [1.54, 1.807) is 36.5 Å². The second kappa shape index (κ2) is 6.05. The van der Waals surface area contributed by atoms with Gasteiger partial charge in [-0.05, 0) is 36.4 Å². The normalized spacial score (nSPS) is 10.9. The minimum Gasteiger partial charge on any atom is -0.505 e. The Morgan fingerprint density at radius 1 is 0.773 bits per heavy atom. The van der Waals surface area contributed by atoms with Gasteiger partial charge in [-0.25, -0.2) is 0 Å². The maximum absolute atomic E-state index is 10.3. The van der Waals surface area contributed by atoms with E-state index >= 15 is 0 Å². The van der Waals surface area contributed by atoms with Crippen LogP contribution < -0.4 is 0 Å². The number of azo groups is 1. The zero-order chi connectivity index (χ0) is 15.4. The fraction of sp³-hybridized carbons (Fsp3) is 0. The Hall–Kier alpha value is -3.21. The third-order valence-corrected chi connectivity index (χ3v) is 3.09. The molecule has 0 aliphatic heterocycles. The Balaban J connectivity index is 2.03. The van der Waals surface area contributed by atoms with Crippen LogP contribution in [0.1, 0.15) is 0 Å². The summed E-state index contributed by atoms with van der Waals surface area (Å²) in [5, 5.41) is 28.2. The first-order chi connectivity index (χ1) is 10.8. The fourth-order valence-electron chi connectivity index (χ4n) is 2.00. The Labute approximate surface area is 127 Å². The number of phenolic OH excluding ortho intramolecular Hbond substituents is 2. The van der Waals surface area contributed by atoms with Gasteiger partial charge in [0.1, 0.15) is 5.75 Å². The summed E-state index contributed by atoms with van der Waals surface area (Å²) in [6, 6.07) is 17.5. The van der Waals surface area contributed by atoms with Crippen molar-refractivity contribution in [2.45, 2.75) is 0 Å². The maximum atomic E-state index is 10.3. The standard InChI is InChI=1S/C17H13N3O2/c21-15-10-9-13(14-8-4-5-11-18-14)17(22)16(15)20-19-12-6-2-1-3-7-12/h1-11,21-22H. The van der Waals surface area contributed by atoms with Gasteiger partial charge in [0.05, 0.1) is 11.4 Å². The lowest BCUT2D eigenvalue weighted by atomic mass is 10.1. The fourth-order valence-corrected chi connectivity index (χ4v) is 2.00. The van der Waals surface area contributed by atoms with Gasteiger partial charge in [-0.1, -0.05) is 24.3 Å². The molecule has 2 aromatic carbocycles. The number of aromatic nitrogens is 1. The van der Waals surface area contributed by atoms with Crippen molar-refractivity contribution in [2.24, 2.45) is 10.2 Å². The molecule has 0 saturated carbocycles. The molecule has 0 saturated heterocycles. The third kappa shape index (κ3) is 2.78. The predicted octanol–water partition coefficient (Wildman–Crippen LogP) is 4.58.